The molecule has 1 aliphatic rings. The molecule has 1 saturated carbocycles. The Kier molecular flexibility index (Phi) is 3.26. The highest BCUT2D eigenvalue weighted by molar-refractivity contribution is 6.31. The van der Waals surface area contributed by atoms with Crippen molar-refractivity contribution in [2.45, 2.75) is 18.9 Å². The molecule has 1 N–H and O–H groups in total. The first kappa shape index (κ1) is 11.6. The summed E-state index contributed by atoms with van der Waals surface area (Å²) in [5.74, 6) is 1.52. The quantitative estimate of drug-likeness (QED) is 0.883. The first-order valence-electron chi connectivity index (χ1n) is 5.27. The van der Waals surface area contributed by atoms with Gasteiger partial charge >= 0.3 is 0 Å². The lowest BCUT2D eigenvalue weighted by molar-refractivity contribution is 0.153. The van der Waals surface area contributed by atoms with Gasteiger partial charge in [-0.3, -0.25) is 0 Å². The second-order valence-electron chi connectivity index (χ2n) is 4.01. The van der Waals surface area contributed by atoms with Crippen LogP contribution in [0.15, 0.2) is 12.1 Å². The molecule has 4 heteroatoms. The van der Waals surface area contributed by atoms with Crippen molar-refractivity contribution >= 4 is 11.6 Å². The molecule has 0 radical (unpaired) electrons. The van der Waals surface area contributed by atoms with Crippen molar-refractivity contribution in [3.05, 3.63) is 22.7 Å². The minimum Gasteiger partial charge on any atom is -0.493 e. The number of hydrogen-bond acceptors (Lipinski definition) is 3. The molecule has 1 unspecified atom stereocenters. The third-order valence-corrected chi connectivity index (χ3v) is 3.22. The molecule has 0 bridgehead atoms. The highest BCUT2D eigenvalue weighted by Crippen LogP contribution is 2.45. The van der Waals surface area contributed by atoms with E-state index in [1.807, 2.05) is 0 Å². The van der Waals surface area contributed by atoms with Crippen molar-refractivity contribution in [2.24, 2.45) is 5.92 Å². The van der Waals surface area contributed by atoms with Crippen LogP contribution < -0.4 is 9.47 Å². The molecule has 3 nitrogen and oxygen atoms in total. The van der Waals surface area contributed by atoms with Crippen molar-refractivity contribution in [3.8, 4) is 11.5 Å². The first-order valence-corrected chi connectivity index (χ1v) is 5.64. The Morgan fingerprint density at radius 3 is 2.31 bits per heavy atom. The van der Waals surface area contributed by atoms with Gasteiger partial charge in [-0.2, -0.15) is 0 Å². The van der Waals surface area contributed by atoms with E-state index in [0.29, 0.717) is 22.4 Å². The fraction of sp³-hybridized carbons (Fsp3) is 0.500. The van der Waals surface area contributed by atoms with Crippen LogP contribution >= 0.6 is 11.6 Å². The van der Waals surface area contributed by atoms with Crippen LogP contribution in [0.1, 0.15) is 24.5 Å². The van der Waals surface area contributed by atoms with Crippen molar-refractivity contribution < 1.29 is 14.6 Å². The maximum absolute atomic E-state index is 10.0. The van der Waals surface area contributed by atoms with E-state index in [0.717, 1.165) is 18.4 Å². The minimum absolute atomic E-state index is 0.343. The Balaban J connectivity index is 2.37. The Morgan fingerprint density at radius 2 is 1.81 bits per heavy atom. The summed E-state index contributed by atoms with van der Waals surface area (Å²) < 4.78 is 10.3. The highest BCUT2D eigenvalue weighted by Gasteiger charge is 2.32. The predicted molar refractivity (Wildman–Crippen MR) is 62.2 cm³/mol. The lowest BCUT2D eigenvalue weighted by Gasteiger charge is -2.15. The summed E-state index contributed by atoms with van der Waals surface area (Å²) in [7, 11) is 3.13. The second kappa shape index (κ2) is 4.52. The van der Waals surface area contributed by atoms with Crippen molar-refractivity contribution in [2.75, 3.05) is 14.2 Å². The average molecular weight is 243 g/mol. The van der Waals surface area contributed by atoms with E-state index in [-0.39, 0.29) is 0 Å². The van der Waals surface area contributed by atoms with Crippen LogP contribution in [0.25, 0.3) is 0 Å². The number of aliphatic hydroxyl groups is 1. The number of halogens is 1. The van der Waals surface area contributed by atoms with Gasteiger partial charge in [-0.15, -0.1) is 0 Å². The van der Waals surface area contributed by atoms with Crippen molar-refractivity contribution in [3.63, 3.8) is 0 Å². The van der Waals surface area contributed by atoms with E-state index in [2.05, 4.69) is 0 Å². The smallest absolute Gasteiger partial charge is 0.162 e. The lowest BCUT2D eigenvalue weighted by Crippen LogP contribution is -2.02. The molecule has 0 saturated heterocycles. The van der Waals surface area contributed by atoms with Crippen LogP contribution in [0.5, 0.6) is 11.5 Å². The molecule has 0 heterocycles. The second-order valence-corrected chi connectivity index (χ2v) is 4.42. The van der Waals surface area contributed by atoms with Gasteiger partial charge in [0, 0.05) is 11.6 Å². The van der Waals surface area contributed by atoms with Gasteiger partial charge in [-0.05, 0) is 24.8 Å². The molecule has 1 aromatic carbocycles. The van der Waals surface area contributed by atoms with Crippen LogP contribution in [-0.2, 0) is 0 Å². The SMILES string of the molecule is COc1cc(Cl)c(C(O)C2CC2)cc1OC. The van der Waals surface area contributed by atoms with E-state index >= 15 is 0 Å². The van der Waals surface area contributed by atoms with Gasteiger partial charge in [0.15, 0.2) is 11.5 Å². The molecule has 1 aromatic rings. The molecule has 0 spiro atoms. The van der Waals surface area contributed by atoms with Crippen LogP contribution in [0, 0.1) is 5.92 Å². The van der Waals surface area contributed by atoms with Gasteiger partial charge < -0.3 is 14.6 Å². The fourth-order valence-corrected chi connectivity index (χ4v) is 2.03. The van der Waals surface area contributed by atoms with Gasteiger partial charge in [0.2, 0.25) is 0 Å². The number of benzene rings is 1. The summed E-state index contributed by atoms with van der Waals surface area (Å²) >= 11 is 6.11. The molecule has 16 heavy (non-hydrogen) atoms. The predicted octanol–water partition coefficient (Wildman–Crippen LogP) is 2.80. The fourth-order valence-electron chi connectivity index (χ4n) is 1.76. The summed E-state index contributed by atoms with van der Waals surface area (Å²) in [6, 6.07) is 3.44. The van der Waals surface area contributed by atoms with Crippen LogP contribution in [0.2, 0.25) is 5.02 Å². The average Bonchev–Trinajstić information content (AvgIpc) is 3.11. The first-order chi connectivity index (χ1) is 7.67. The lowest BCUT2D eigenvalue weighted by atomic mass is 10.0. The standard InChI is InChI=1S/C12H15ClO3/c1-15-10-5-8(12(14)7-3-4-7)9(13)6-11(10)16-2/h5-7,12,14H,3-4H2,1-2H3. The Bertz CT molecular complexity index is 388. The number of ether oxygens (including phenoxy) is 2. The topological polar surface area (TPSA) is 38.7 Å². The summed E-state index contributed by atoms with van der Waals surface area (Å²) in [4.78, 5) is 0. The molecule has 0 aliphatic heterocycles. The van der Waals surface area contributed by atoms with Gasteiger partial charge in [0.05, 0.1) is 25.3 Å². The van der Waals surface area contributed by atoms with Gasteiger partial charge in [-0.25, -0.2) is 0 Å². The zero-order valence-corrected chi connectivity index (χ0v) is 10.1. The molecular formula is C12H15ClO3. The molecule has 0 amide bonds. The van der Waals surface area contributed by atoms with Gasteiger partial charge in [0.25, 0.3) is 0 Å². The monoisotopic (exact) mass is 242 g/mol. The maximum Gasteiger partial charge on any atom is 0.162 e. The third kappa shape index (κ3) is 2.11. The van der Waals surface area contributed by atoms with Crippen LogP contribution in [0.3, 0.4) is 0 Å². The maximum atomic E-state index is 10.0. The molecule has 1 aliphatic carbocycles. The van der Waals surface area contributed by atoms with E-state index < -0.39 is 6.10 Å². The van der Waals surface area contributed by atoms with Gasteiger partial charge in [-0.1, -0.05) is 11.6 Å². The minimum atomic E-state index is -0.493. The largest absolute Gasteiger partial charge is 0.493 e. The van der Waals surface area contributed by atoms with E-state index in [4.69, 9.17) is 21.1 Å². The summed E-state index contributed by atoms with van der Waals surface area (Å²) in [6.45, 7) is 0. The van der Waals surface area contributed by atoms with Gasteiger partial charge in [0.1, 0.15) is 0 Å². The molecule has 88 valence electrons. The van der Waals surface area contributed by atoms with Crippen LogP contribution in [0.4, 0.5) is 0 Å². The number of rotatable bonds is 4. The zero-order valence-electron chi connectivity index (χ0n) is 9.37. The van der Waals surface area contributed by atoms with E-state index in [1.54, 1.807) is 26.4 Å². The summed E-state index contributed by atoms with van der Waals surface area (Å²) in [6.07, 6.45) is 1.63. The number of hydrogen-bond donors (Lipinski definition) is 1. The normalized spacial score (nSPS) is 17.0. The molecule has 1 atom stereocenters. The Labute approximate surface area is 99.9 Å². The van der Waals surface area contributed by atoms with Crippen LogP contribution in [-0.4, -0.2) is 19.3 Å². The van der Waals surface area contributed by atoms with Crippen molar-refractivity contribution in [1.29, 1.82) is 0 Å². The summed E-state index contributed by atoms with van der Waals surface area (Å²) in [5, 5.41) is 10.6. The Hall–Kier alpha value is -0.930. The molecular weight excluding hydrogens is 228 g/mol. The number of aliphatic hydroxyl groups excluding tert-OH is 1. The molecule has 1 fully saturated rings. The highest BCUT2D eigenvalue weighted by atomic mass is 35.5. The van der Waals surface area contributed by atoms with E-state index in [1.165, 1.54) is 0 Å². The molecule has 2 rings (SSSR count). The Morgan fingerprint density at radius 1 is 1.25 bits per heavy atom. The molecule has 0 aromatic heterocycles. The zero-order chi connectivity index (χ0) is 11.7. The van der Waals surface area contributed by atoms with Crippen molar-refractivity contribution in [1.82, 2.24) is 0 Å². The third-order valence-electron chi connectivity index (χ3n) is 2.89. The summed E-state index contributed by atoms with van der Waals surface area (Å²) in [5.41, 5.74) is 0.724. The van der Waals surface area contributed by atoms with E-state index in [9.17, 15) is 5.11 Å². The number of methoxy groups -OCH3 is 2.